The molecule has 33 heavy (non-hydrogen) atoms. The smallest absolute Gasteiger partial charge is 0.303 e. The minimum Gasteiger partial charge on any atom is -0.497 e. The maximum atomic E-state index is 12.8. The van der Waals surface area contributed by atoms with Crippen LogP contribution in [0.5, 0.6) is 5.75 Å². The van der Waals surface area contributed by atoms with Crippen molar-refractivity contribution in [2.45, 2.75) is 25.7 Å². The summed E-state index contributed by atoms with van der Waals surface area (Å²) >= 11 is 1.35. The van der Waals surface area contributed by atoms with Crippen LogP contribution in [0.25, 0.3) is 10.4 Å². The molecule has 1 atom stereocenters. The summed E-state index contributed by atoms with van der Waals surface area (Å²) < 4.78 is 5.15. The van der Waals surface area contributed by atoms with Gasteiger partial charge in [0, 0.05) is 18.0 Å². The molecule has 0 aliphatic heterocycles. The first-order valence-corrected chi connectivity index (χ1v) is 10.9. The van der Waals surface area contributed by atoms with Crippen LogP contribution < -0.4 is 21.1 Å². The van der Waals surface area contributed by atoms with Crippen molar-refractivity contribution in [1.29, 1.82) is 5.41 Å². The molecule has 0 radical (unpaired) electrons. The molecule has 9 nitrogen and oxygen atoms in total. The number of guanidine groups is 1. The lowest BCUT2D eigenvalue weighted by atomic mass is 9.92. The molecule has 3 aromatic rings. The fourth-order valence-electron chi connectivity index (χ4n) is 3.40. The second kappa shape index (κ2) is 10.6. The molecule has 1 unspecified atom stereocenters. The molecule has 6 N–H and O–H groups in total. The van der Waals surface area contributed by atoms with Gasteiger partial charge in [0.2, 0.25) is 5.91 Å². The summed E-state index contributed by atoms with van der Waals surface area (Å²) in [6, 6.07) is 14.4. The van der Waals surface area contributed by atoms with Crippen molar-refractivity contribution >= 4 is 40.0 Å². The zero-order valence-electron chi connectivity index (χ0n) is 18.2. The van der Waals surface area contributed by atoms with Gasteiger partial charge in [-0.3, -0.25) is 15.0 Å². The van der Waals surface area contributed by atoms with Crippen molar-refractivity contribution in [1.82, 2.24) is 4.98 Å². The second-order valence-corrected chi connectivity index (χ2v) is 8.37. The maximum Gasteiger partial charge on any atom is 0.303 e. The van der Waals surface area contributed by atoms with Gasteiger partial charge in [-0.25, -0.2) is 4.98 Å². The van der Waals surface area contributed by atoms with Crippen molar-refractivity contribution in [2.24, 2.45) is 5.73 Å². The topological polar surface area (TPSA) is 150 Å². The van der Waals surface area contributed by atoms with E-state index in [0.717, 1.165) is 21.7 Å². The van der Waals surface area contributed by atoms with Crippen LogP contribution in [0.4, 0.5) is 10.8 Å². The molecule has 2 aromatic carbocycles. The summed E-state index contributed by atoms with van der Waals surface area (Å²) in [7, 11) is 1.56. The Labute approximate surface area is 195 Å². The van der Waals surface area contributed by atoms with Crippen LogP contribution in [-0.4, -0.2) is 35.0 Å². The number of carboxylic acid groups (broad SMARTS) is 1. The number of ether oxygens (including phenoxy) is 1. The molecular formula is C23H25N5O4S. The summed E-state index contributed by atoms with van der Waals surface area (Å²) in [4.78, 5) is 29.4. The first-order valence-electron chi connectivity index (χ1n) is 10.1. The highest BCUT2D eigenvalue weighted by Crippen LogP contribution is 2.34. The van der Waals surface area contributed by atoms with Crippen LogP contribution in [0.1, 0.15) is 30.0 Å². The van der Waals surface area contributed by atoms with Crippen molar-refractivity contribution in [2.75, 3.05) is 17.7 Å². The molecule has 10 heteroatoms. The monoisotopic (exact) mass is 467 g/mol. The van der Waals surface area contributed by atoms with Gasteiger partial charge in [-0.15, -0.1) is 0 Å². The standard InChI is InChI=1S/C23H25N5O4S/c1-13-21(33-23(26-13)28-22(24)25)15-4-3-5-17(10-15)27-19(29)11-16(12-20(30)31)14-6-8-18(32-2)9-7-14/h3-10,16H,11-12H2,1-2H3,(H,27,29)(H,30,31)(H4,24,25,26,28). The maximum absolute atomic E-state index is 12.8. The van der Waals surface area contributed by atoms with Gasteiger partial charge in [0.25, 0.3) is 0 Å². The fourth-order valence-corrected chi connectivity index (χ4v) is 4.38. The number of hydrogen-bond donors (Lipinski definition) is 5. The number of anilines is 2. The van der Waals surface area contributed by atoms with E-state index in [1.165, 1.54) is 11.3 Å². The number of aliphatic carboxylic acids is 1. The Morgan fingerprint density at radius 2 is 1.91 bits per heavy atom. The third kappa shape index (κ3) is 6.53. The third-order valence-electron chi connectivity index (χ3n) is 4.89. The highest BCUT2D eigenvalue weighted by molar-refractivity contribution is 7.19. The van der Waals surface area contributed by atoms with Gasteiger partial charge in [-0.2, -0.15) is 0 Å². The van der Waals surface area contributed by atoms with E-state index >= 15 is 0 Å². The van der Waals surface area contributed by atoms with Crippen LogP contribution in [0.15, 0.2) is 48.5 Å². The quantitative estimate of drug-likeness (QED) is 0.235. The van der Waals surface area contributed by atoms with Crippen LogP contribution >= 0.6 is 11.3 Å². The predicted octanol–water partition coefficient (Wildman–Crippen LogP) is 4.02. The Morgan fingerprint density at radius 1 is 1.18 bits per heavy atom. The summed E-state index contributed by atoms with van der Waals surface area (Å²) in [5, 5.41) is 22.7. The van der Waals surface area contributed by atoms with Gasteiger partial charge in [0.15, 0.2) is 11.1 Å². The third-order valence-corrected chi connectivity index (χ3v) is 6.01. The SMILES string of the molecule is COc1ccc(C(CC(=O)O)CC(=O)Nc2cccc(-c3sc(NC(=N)N)nc3C)c2)cc1. The first kappa shape index (κ1) is 23.7. The number of nitrogens with one attached hydrogen (secondary N) is 3. The van der Waals surface area contributed by atoms with Gasteiger partial charge in [-0.1, -0.05) is 35.6 Å². The van der Waals surface area contributed by atoms with E-state index in [9.17, 15) is 14.7 Å². The summed E-state index contributed by atoms with van der Waals surface area (Å²) in [5.74, 6) is -1.26. The number of carbonyl (C=O) groups excluding carboxylic acids is 1. The number of hydrogen-bond acceptors (Lipinski definition) is 6. The van der Waals surface area contributed by atoms with Crippen molar-refractivity contribution in [3.8, 4) is 16.2 Å². The predicted molar refractivity (Wildman–Crippen MR) is 129 cm³/mol. The van der Waals surface area contributed by atoms with Gasteiger partial charge >= 0.3 is 5.97 Å². The molecule has 0 saturated carbocycles. The number of thiazole rings is 1. The number of aryl methyl sites for hydroxylation is 1. The first-order chi connectivity index (χ1) is 15.7. The normalized spacial score (nSPS) is 11.5. The molecule has 0 saturated heterocycles. The lowest BCUT2D eigenvalue weighted by Crippen LogP contribution is -2.20. The lowest BCUT2D eigenvalue weighted by Gasteiger charge is -2.16. The molecule has 0 aliphatic carbocycles. The molecule has 1 amide bonds. The number of methoxy groups -OCH3 is 1. The van der Waals surface area contributed by atoms with E-state index < -0.39 is 11.9 Å². The molecule has 0 bridgehead atoms. The Hall–Kier alpha value is -3.92. The molecule has 3 rings (SSSR count). The molecule has 1 heterocycles. The number of nitrogens with zero attached hydrogens (tertiary/aromatic N) is 1. The fraction of sp³-hybridized carbons (Fsp3) is 0.217. The molecule has 172 valence electrons. The van der Waals surface area contributed by atoms with Crippen LogP contribution in [-0.2, 0) is 9.59 Å². The Balaban J connectivity index is 1.74. The van der Waals surface area contributed by atoms with Crippen LogP contribution in [0.3, 0.4) is 0 Å². The van der Waals surface area contributed by atoms with Crippen LogP contribution in [0, 0.1) is 12.3 Å². The number of rotatable bonds is 9. The number of nitrogens with two attached hydrogens (primary N) is 1. The zero-order chi connectivity index (χ0) is 24.0. The van der Waals surface area contributed by atoms with Crippen molar-refractivity contribution in [3.05, 3.63) is 59.8 Å². The molecule has 0 aliphatic rings. The molecule has 0 fully saturated rings. The molecule has 1 aromatic heterocycles. The summed E-state index contributed by atoms with van der Waals surface area (Å²) in [5.41, 5.74) is 8.36. The van der Waals surface area contributed by atoms with E-state index in [2.05, 4.69) is 15.6 Å². The number of benzene rings is 2. The van der Waals surface area contributed by atoms with E-state index in [0.29, 0.717) is 16.6 Å². The van der Waals surface area contributed by atoms with Gasteiger partial charge in [0.1, 0.15) is 5.75 Å². The average Bonchev–Trinajstić information content (AvgIpc) is 3.12. The second-order valence-electron chi connectivity index (χ2n) is 7.37. The Bertz CT molecular complexity index is 1160. The van der Waals surface area contributed by atoms with E-state index in [-0.39, 0.29) is 24.7 Å². The molecule has 0 spiro atoms. The largest absolute Gasteiger partial charge is 0.497 e. The van der Waals surface area contributed by atoms with Crippen molar-refractivity contribution < 1.29 is 19.4 Å². The highest BCUT2D eigenvalue weighted by atomic mass is 32.1. The number of carbonyl (C=O) groups is 2. The molecular weight excluding hydrogens is 442 g/mol. The van der Waals surface area contributed by atoms with E-state index in [4.69, 9.17) is 15.9 Å². The van der Waals surface area contributed by atoms with E-state index in [1.807, 2.05) is 25.1 Å². The number of aromatic nitrogens is 1. The number of carboxylic acids is 1. The van der Waals surface area contributed by atoms with Gasteiger partial charge in [-0.05, 0) is 42.3 Å². The van der Waals surface area contributed by atoms with Crippen LogP contribution in [0.2, 0.25) is 0 Å². The summed E-state index contributed by atoms with van der Waals surface area (Å²) in [6.45, 7) is 1.85. The lowest BCUT2D eigenvalue weighted by molar-refractivity contribution is -0.137. The Morgan fingerprint density at radius 3 is 2.55 bits per heavy atom. The van der Waals surface area contributed by atoms with Gasteiger partial charge in [0.05, 0.1) is 24.1 Å². The Kier molecular flexibility index (Phi) is 7.62. The summed E-state index contributed by atoms with van der Waals surface area (Å²) in [6.07, 6.45) is -0.138. The minimum atomic E-state index is -0.971. The van der Waals surface area contributed by atoms with Gasteiger partial charge < -0.3 is 26.2 Å². The van der Waals surface area contributed by atoms with E-state index in [1.54, 1.807) is 37.4 Å². The van der Waals surface area contributed by atoms with Crippen molar-refractivity contribution in [3.63, 3.8) is 0 Å². The zero-order valence-corrected chi connectivity index (χ0v) is 19.0. The highest BCUT2D eigenvalue weighted by Gasteiger charge is 2.20. The number of amides is 1. The minimum absolute atomic E-state index is 0.0229. The average molecular weight is 468 g/mol.